The molecule has 1 spiro atoms. The molecule has 2 N–H and O–H groups in total. The van der Waals surface area contributed by atoms with E-state index < -0.39 is 17.7 Å². The Bertz CT molecular complexity index is 1070. The molecule has 2 aromatic carbocycles. The van der Waals surface area contributed by atoms with E-state index in [-0.39, 0.29) is 18.4 Å². The second kappa shape index (κ2) is 14.1. The number of rotatable bonds is 12. The van der Waals surface area contributed by atoms with Crippen LogP contribution in [-0.2, 0) is 27.4 Å². The van der Waals surface area contributed by atoms with E-state index in [1.54, 1.807) is 0 Å². The number of benzene rings is 2. The molecule has 1 atom stereocenters. The summed E-state index contributed by atoms with van der Waals surface area (Å²) < 4.78 is 5.23. The number of piperidine rings is 1. The quantitative estimate of drug-likeness (QED) is 0.403. The summed E-state index contributed by atoms with van der Waals surface area (Å²) >= 11 is 0. The van der Waals surface area contributed by atoms with Gasteiger partial charge < -0.3 is 25.2 Å². The Balaban J connectivity index is 1.21. The average molecular weight is 535 g/mol. The minimum Gasteiger partial charge on any atom is -0.445 e. The van der Waals surface area contributed by atoms with E-state index in [0.29, 0.717) is 38.8 Å². The Labute approximate surface area is 232 Å². The molecule has 2 aliphatic rings. The molecule has 8 nitrogen and oxygen atoms in total. The molecule has 3 amide bonds. The highest BCUT2D eigenvalue weighted by molar-refractivity contribution is 6.00. The molecular weight excluding hydrogens is 492 g/mol. The monoisotopic (exact) mass is 534 g/mol. The van der Waals surface area contributed by atoms with Crippen molar-refractivity contribution in [1.29, 1.82) is 0 Å². The lowest BCUT2D eigenvalue weighted by molar-refractivity contribution is -0.161. The van der Waals surface area contributed by atoms with Crippen LogP contribution in [0.25, 0.3) is 0 Å². The number of nitrogens with one attached hydrogen (secondary N) is 2. The predicted octanol–water partition coefficient (Wildman–Crippen LogP) is 3.90. The molecular formula is C31H42N4O4. The second-order valence-corrected chi connectivity index (χ2v) is 10.6. The highest BCUT2D eigenvalue weighted by Gasteiger charge is 2.52. The van der Waals surface area contributed by atoms with Gasteiger partial charge in [-0.05, 0) is 56.1 Å². The number of hydrogen-bond donors (Lipinski definition) is 2. The van der Waals surface area contributed by atoms with E-state index in [4.69, 9.17) is 4.74 Å². The van der Waals surface area contributed by atoms with Crippen LogP contribution in [0, 0.1) is 0 Å². The molecule has 0 saturated carbocycles. The first-order valence-electron chi connectivity index (χ1n) is 14.3. The maximum absolute atomic E-state index is 13.5. The fourth-order valence-electron chi connectivity index (χ4n) is 5.63. The molecule has 0 radical (unpaired) electrons. The molecule has 8 heteroatoms. The van der Waals surface area contributed by atoms with Crippen molar-refractivity contribution in [2.45, 2.75) is 70.1 Å². The summed E-state index contributed by atoms with van der Waals surface area (Å²) in [6.07, 6.45) is 4.67. The molecule has 210 valence electrons. The normalized spacial score (nSPS) is 19.1. The van der Waals surface area contributed by atoms with Crippen LogP contribution >= 0.6 is 0 Å². The van der Waals surface area contributed by atoms with Gasteiger partial charge >= 0.3 is 6.09 Å². The largest absolute Gasteiger partial charge is 0.445 e. The second-order valence-electron chi connectivity index (χ2n) is 10.6. The first kappa shape index (κ1) is 28.6. The van der Waals surface area contributed by atoms with Gasteiger partial charge in [0.1, 0.15) is 18.2 Å². The SMILES string of the molecule is CCCN1C(=O)C(CCCCNC(=O)OCc2ccccc2)NC(=O)C12CCN(CCc1ccccc1)CC2. The molecule has 0 bridgehead atoms. The highest BCUT2D eigenvalue weighted by Crippen LogP contribution is 2.34. The van der Waals surface area contributed by atoms with Gasteiger partial charge in [-0.1, -0.05) is 67.6 Å². The number of unbranched alkanes of at least 4 members (excludes halogenated alkanes) is 1. The molecule has 0 aliphatic carbocycles. The molecule has 2 aliphatic heterocycles. The third-order valence-corrected chi connectivity index (χ3v) is 7.90. The minimum atomic E-state index is -0.739. The van der Waals surface area contributed by atoms with Gasteiger partial charge in [-0.25, -0.2) is 4.79 Å². The summed E-state index contributed by atoms with van der Waals surface area (Å²) in [5, 5.41) is 5.83. The van der Waals surface area contributed by atoms with E-state index in [2.05, 4.69) is 46.7 Å². The Morgan fingerprint density at radius 2 is 1.64 bits per heavy atom. The number of carbonyl (C=O) groups excluding carboxylic acids is 3. The summed E-state index contributed by atoms with van der Waals surface area (Å²) in [7, 11) is 0. The van der Waals surface area contributed by atoms with Gasteiger partial charge in [0.15, 0.2) is 0 Å². The topological polar surface area (TPSA) is 91.0 Å². The van der Waals surface area contributed by atoms with E-state index in [0.717, 1.165) is 44.5 Å². The predicted molar refractivity (Wildman–Crippen MR) is 151 cm³/mol. The van der Waals surface area contributed by atoms with Gasteiger partial charge in [-0.15, -0.1) is 0 Å². The van der Waals surface area contributed by atoms with Crippen LogP contribution in [0.15, 0.2) is 60.7 Å². The van der Waals surface area contributed by atoms with Crippen LogP contribution in [0.2, 0.25) is 0 Å². The highest BCUT2D eigenvalue weighted by atomic mass is 16.5. The van der Waals surface area contributed by atoms with Crippen LogP contribution in [0.1, 0.15) is 56.6 Å². The van der Waals surface area contributed by atoms with Crippen LogP contribution < -0.4 is 10.6 Å². The fourth-order valence-corrected chi connectivity index (χ4v) is 5.63. The molecule has 4 rings (SSSR count). The molecule has 1 unspecified atom stereocenters. The van der Waals surface area contributed by atoms with Crippen LogP contribution in [0.3, 0.4) is 0 Å². The zero-order valence-corrected chi connectivity index (χ0v) is 23.1. The Kier molecular flexibility index (Phi) is 10.4. The first-order chi connectivity index (χ1) is 19.0. The molecule has 2 aromatic rings. The van der Waals surface area contributed by atoms with Crippen molar-refractivity contribution in [2.24, 2.45) is 0 Å². The lowest BCUT2D eigenvalue weighted by atomic mass is 9.81. The maximum Gasteiger partial charge on any atom is 0.407 e. The van der Waals surface area contributed by atoms with Crippen molar-refractivity contribution < 1.29 is 19.1 Å². The van der Waals surface area contributed by atoms with Crippen molar-refractivity contribution >= 4 is 17.9 Å². The fraction of sp³-hybridized carbons (Fsp3) is 0.516. The number of ether oxygens (including phenoxy) is 1. The number of nitrogens with zero attached hydrogens (tertiary/aromatic N) is 2. The summed E-state index contributed by atoms with van der Waals surface area (Å²) in [6, 6.07) is 19.5. The number of alkyl carbamates (subject to hydrolysis) is 1. The van der Waals surface area contributed by atoms with Gasteiger partial charge in [-0.3, -0.25) is 9.59 Å². The third-order valence-electron chi connectivity index (χ3n) is 7.90. The zero-order chi connectivity index (χ0) is 27.5. The summed E-state index contributed by atoms with van der Waals surface area (Å²) in [5.74, 6) is 0.0234. The number of likely N-dealkylation sites (tertiary alicyclic amines) is 1. The van der Waals surface area contributed by atoms with Gasteiger partial charge in [0.05, 0.1) is 0 Å². The van der Waals surface area contributed by atoms with E-state index in [1.807, 2.05) is 41.3 Å². The Hall–Kier alpha value is -3.39. The van der Waals surface area contributed by atoms with Gasteiger partial charge in [0, 0.05) is 32.7 Å². The number of piperazine rings is 1. The van der Waals surface area contributed by atoms with Gasteiger partial charge in [0.25, 0.3) is 0 Å². The Morgan fingerprint density at radius 3 is 2.31 bits per heavy atom. The summed E-state index contributed by atoms with van der Waals surface area (Å²) in [6.45, 7) is 5.93. The van der Waals surface area contributed by atoms with Crippen molar-refractivity contribution in [3.8, 4) is 0 Å². The first-order valence-corrected chi connectivity index (χ1v) is 14.3. The van der Waals surface area contributed by atoms with Crippen LogP contribution in [-0.4, -0.2) is 72.0 Å². The van der Waals surface area contributed by atoms with Crippen LogP contribution in [0.4, 0.5) is 4.79 Å². The summed E-state index contributed by atoms with van der Waals surface area (Å²) in [5.41, 5.74) is 1.52. The molecule has 0 aromatic heterocycles. The third kappa shape index (κ3) is 7.60. The number of carbonyl (C=O) groups is 3. The lowest BCUT2D eigenvalue weighted by Gasteiger charge is -2.51. The van der Waals surface area contributed by atoms with E-state index >= 15 is 0 Å². The van der Waals surface area contributed by atoms with Crippen molar-refractivity contribution in [1.82, 2.24) is 20.4 Å². The van der Waals surface area contributed by atoms with E-state index in [1.165, 1.54) is 5.56 Å². The van der Waals surface area contributed by atoms with Crippen LogP contribution in [0.5, 0.6) is 0 Å². The average Bonchev–Trinajstić information content (AvgIpc) is 2.97. The van der Waals surface area contributed by atoms with E-state index in [9.17, 15) is 14.4 Å². The summed E-state index contributed by atoms with van der Waals surface area (Å²) in [4.78, 5) is 43.2. The number of hydrogen-bond acceptors (Lipinski definition) is 5. The number of amides is 3. The lowest BCUT2D eigenvalue weighted by Crippen LogP contribution is -2.72. The minimum absolute atomic E-state index is 0.00845. The van der Waals surface area contributed by atoms with Crippen molar-refractivity contribution in [2.75, 3.05) is 32.7 Å². The van der Waals surface area contributed by atoms with Crippen molar-refractivity contribution in [3.63, 3.8) is 0 Å². The zero-order valence-electron chi connectivity index (χ0n) is 23.1. The molecule has 2 fully saturated rings. The molecule has 2 heterocycles. The standard InChI is InChI=1S/C31H42N4O4/c1-2-20-35-28(36)27(15-9-10-19-32-30(38)39-24-26-13-7-4-8-14-26)33-29(37)31(35)17-22-34(23-18-31)21-16-25-11-5-3-6-12-25/h3-8,11-14,27H,2,9-10,15-24H2,1H3,(H,32,38)(H,33,37). The molecule has 2 saturated heterocycles. The maximum atomic E-state index is 13.5. The van der Waals surface area contributed by atoms with Crippen molar-refractivity contribution in [3.05, 3.63) is 71.8 Å². The Morgan fingerprint density at radius 1 is 0.974 bits per heavy atom. The van der Waals surface area contributed by atoms with Gasteiger partial charge in [-0.2, -0.15) is 0 Å². The molecule has 39 heavy (non-hydrogen) atoms. The smallest absolute Gasteiger partial charge is 0.407 e. The van der Waals surface area contributed by atoms with Gasteiger partial charge in [0.2, 0.25) is 11.8 Å².